The first-order valence-electron chi connectivity index (χ1n) is 8.67. The van der Waals surface area contributed by atoms with E-state index < -0.39 is 15.9 Å². The highest BCUT2D eigenvalue weighted by Crippen LogP contribution is 2.36. The number of anilines is 1. The fraction of sp³-hybridized carbons (Fsp3) is 0.263. The Morgan fingerprint density at radius 1 is 1.14 bits per heavy atom. The molecule has 1 heterocycles. The highest BCUT2D eigenvalue weighted by molar-refractivity contribution is 7.90. The van der Waals surface area contributed by atoms with Crippen LogP contribution in [0.1, 0.15) is 23.2 Å². The van der Waals surface area contributed by atoms with Gasteiger partial charge in [0, 0.05) is 25.1 Å². The molecule has 0 saturated heterocycles. The molecule has 1 aliphatic heterocycles. The van der Waals surface area contributed by atoms with Crippen molar-refractivity contribution in [3.8, 4) is 11.5 Å². The third kappa shape index (κ3) is 4.01. The number of benzene rings is 2. The summed E-state index contributed by atoms with van der Waals surface area (Å²) >= 11 is 6.04. The molecule has 0 aliphatic carbocycles. The summed E-state index contributed by atoms with van der Waals surface area (Å²) in [4.78, 5) is 24.7. The summed E-state index contributed by atoms with van der Waals surface area (Å²) in [5.41, 5.74) is 0.519. The molecular weight excluding hydrogens is 420 g/mol. The molecule has 0 atom stereocenters. The Labute approximate surface area is 173 Å². The molecule has 2 aromatic carbocycles. The number of sulfonamides is 1. The van der Waals surface area contributed by atoms with E-state index in [1.807, 2.05) is 0 Å². The topological polar surface area (TPSA) is 102 Å². The fourth-order valence-electron chi connectivity index (χ4n) is 3.01. The van der Waals surface area contributed by atoms with Crippen molar-refractivity contribution in [2.45, 2.75) is 17.7 Å². The standard InChI is InChI=1S/C19H19ClN2O6S/c1-27-15-11-14(16(28-2)10-13(15)20)21-18(23)8-5-9-22-19(24)12-6-3-4-7-17(12)29(22,25)26/h3-4,6-7,10-11H,5,8-9H2,1-2H3,(H,21,23). The van der Waals surface area contributed by atoms with E-state index in [2.05, 4.69) is 5.32 Å². The molecular formula is C19H19ClN2O6S. The normalized spacial score (nSPS) is 14.4. The molecule has 0 radical (unpaired) electrons. The number of nitrogens with zero attached hydrogens (tertiary/aromatic N) is 1. The Morgan fingerprint density at radius 3 is 2.48 bits per heavy atom. The second-order valence-corrected chi connectivity index (χ2v) is 8.46. The average molecular weight is 439 g/mol. The number of methoxy groups -OCH3 is 2. The van der Waals surface area contributed by atoms with Crippen LogP contribution < -0.4 is 14.8 Å². The first kappa shape index (κ1) is 20.9. The Morgan fingerprint density at radius 2 is 1.83 bits per heavy atom. The van der Waals surface area contributed by atoms with Gasteiger partial charge in [-0.15, -0.1) is 0 Å². The molecule has 8 nitrogen and oxygen atoms in total. The Kier molecular flexibility index (Phi) is 5.99. The molecule has 1 N–H and O–H groups in total. The summed E-state index contributed by atoms with van der Waals surface area (Å²) in [5, 5.41) is 3.02. The summed E-state index contributed by atoms with van der Waals surface area (Å²) < 4.78 is 36.2. The van der Waals surface area contributed by atoms with E-state index in [9.17, 15) is 18.0 Å². The monoisotopic (exact) mass is 438 g/mol. The summed E-state index contributed by atoms with van der Waals surface area (Å²) in [7, 11) is -0.987. The number of hydrogen-bond acceptors (Lipinski definition) is 6. The number of nitrogens with one attached hydrogen (secondary N) is 1. The Hall–Kier alpha value is -2.78. The minimum absolute atomic E-state index is 0.00371. The molecule has 0 saturated carbocycles. The number of carbonyl (C=O) groups is 2. The van der Waals surface area contributed by atoms with E-state index in [1.54, 1.807) is 12.1 Å². The average Bonchev–Trinajstić information content (AvgIpc) is 2.89. The molecule has 29 heavy (non-hydrogen) atoms. The molecule has 0 fully saturated rings. The Balaban J connectivity index is 1.64. The highest BCUT2D eigenvalue weighted by atomic mass is 35.5. The van der Waals surface area contributed by atoms with Crippen molar-refractivity contribution in [1.82, 2.24) is 4.31 Å². The Bertz CT molecular complexity index is 1070. The van der Waals surface area contributed by atoms with Crippen LogP contribution in [0.5, 0.6) is 11.5 Å². The maximum Gasteiger partial charge on any atom is 0.269 e. The van der Waals surface area contributed by atoms with Crippen LogP contribution in [0.15, 0.2) is 41.3 Å². The van der Waals surface area contributed by atoms with Gasteiger partial charge < -0.3 is 14.8 Å². The lowest BCUT2D eigenvalue weighted by Gasteiger charge is -2.15. The van der Waals surface area contributed by atoms with Gasteiger partial charge in [-0.25, -0.2) is 12.7 Å². The van der Waals surface area contributed by atoms with Crippen LogP contribution >= 0.6 is 11.6 Å². The van der Waals surface area contributed by atoms with E-state index in [-0.39, 0.29) is 35.8 Å². The molecule has 0 spiro atoms. The fourth-order valence-corrected chi connectivity index (χ4v) is 4.84. The van der Waals surface area contributed by atoms with Gasteiger partial charge in [0.1, 0.15) is 16.4 Å². The summed E-state index contributed by atoms with van der Waals surface area (Å²) in [6.45, 7) is -0.0929. The van der Waals surface area contributed by atoms with E-state index in [4.69, 9.17) is 21.1 Å². The van der Waals surface area contributed by atoms with Crippen molar-refractivity contribution < 1.29 is 27.5 Å². The smallest absolute Gasteiger partial charge is 0.269 e. The third-order valence-corrected chi connectivity index (χ3v) is 6.56. The van der Waals surface area contributed by atoms with Gasteiger partial charge >= 0.3 is 0 Å². The minimum Gasteiger partial charge on any atom is -0.495 e. The maximum atomic E-state index is 12.5. The van der Waals surface area contributed by atoms with Gasteiger partial charge in [0.2, 0.25) is 5.91 Å². The number of amides is 2. The zero-order valence-electron chi connectivity index (χ0n) is 15.8. The van der Waals surface area contributed by atoms with Crippen molar-refractivity contribution in [2.75, 3.05) is 26.1 Å². The van der Waals surface area contributed by atoms with E-state index >= 15 is 0 Å². The summed E-state index contributed by atoms with van der Waals surface area (Å²) in [6.07, 6.45) is 0.168. The zero-order chi connectivity index (χ0) is 21.2. The van der Waals surface area contributed by atoms with Gasteiger partial charge in [0.15, 0.2) is 0 Å². The van der Waals surface area contributed by atoms with Crippen molar-refractivity contribution in [3.63, 3.8) is 0 Å². The number of ether oxygens (including phenoxy) is 2. The van der Waals surface area contributed by atoms with Gasteiger partial charge in [-0.3, -0.25) is 9.59 Å². The molecule has 3 rings (SSSR count). The van der Waals surface area contributed by atoms with Gasteiger partial charge in [0.25, 0.3) is 15.9 Å². The molecule has 0 unspecified atom stereocenters. The molecule has 10 heteroatoms. The largest absolute Gasteiger partial charge is 0.495 e. The van der Waals surface area contributed by atoms with Gasteiger partial charge in [-0.2, -0.15) is 0 Å². The zero-order valence-corrected chi connectivity index (χ0v) is 17.3. The lowest BCUT2D eigenvalue weighted by Crippen LogP contribution is -2.31. The van der Waals surface area contributed by atoms with Crippen LogP contribution in [0.3, 0.4) is 0 Å². The quantitative estimate of drug-likeness (QED) is 0.713. The van der Waals surface area contributed by atoms with Crippen molar-refractivity contribution >= 4 is 39.1 Å². The van der Waals surface area contributed by atoms with Gasteiger partial charge in [0.05, 0.1) is 30.5 Å². The summed E-state index contributed by atoms with van der Waals surface area (Å²) in [6, 6.07) is 9.09. The third-order valence-electron chi connectivity index (χ3n) is 4.43. The molecule has 1 aliphatic rings. The number of hydrogen-bond donors (Lipinski definition) is 1. The van der Waals surface area contributed by atoms with Crippen molar-refractivity contribution in [2.24, 2.45) is 0 Å². The SMILES string of the molecule is COc1cc(NC(=O)CCCN2C(=O)c3ccccc3S2(=O)=O)c(OC)cc1Cl. The van der Waals surface area contributed by atoms with Crippen LogP contribution in [0.2, 0.25) is 5.02 Å². The predicted octanol–water partition coefficient (Wildman–Crippen LogP) is 2.92. The number of fused-ring (bicyclic) bond motifs is 1. The van der Waals surface area contributed by atoms with E-state index in [0.717, 1.165) is 4.31 Å². The first-order valence-corrected chi connectivity index (χ1v) is 10.5. The number of carbonyl (C=O) groups excluding carboxylic acids is 2. The van der Waals surface area contributed by atoms with Gasteiger partial charge in [-0.05, 0) is 18.6 Å². The van der Waals surface area contributed by atoms with Crippen LogP contribution in [0.4, 0.5) is 5.69 Å². The van der Waals surface area contributed by atoms with Crippen LogP contribution in [-0.2, 0) is 14.8 Å². The minimum atomic E-state index is -3.88. The van der Waals surface area contributed by atoms with Gasteiger partial charge in [-0.1, -0.05) is 23.7 Å². The van der Waals surface area contributed by atoms with E-state index in [0.29, 0.717) is 22.2 Å². The lowest BCUT2D eigenvalue weighted by atomic mass is 10.2. The maximum absolute atomic E-state index is 12.5. The van der Waals surface area contributed by atoms with E-state index in [1.165, 1.54) is 38.5 Å². The second-order valence-electron chi connectivity index (χ2n) is 6.22. The molecule has 0 bridgehead atoms. The molecule has 2 aromatic rings. The first-order chi connectivity index (χ1) is 13.8. The summed E-state index contributed by atoms with van der Waals surface area (Å²) in [5.74, 6) is -0.217. The van der Waals surface area contributed by atoms with Crippen LogP contribution in [0, 0.1) is 0 Å². The molecule has 154 valence electrons. The molecule has 2 amide bonds. The lowest BCUT2D eigenvalue weighted by molar-refractivity contribution is -0.116. The van der Waals surface area contributed by atoms with Crippen molar-refractivity contribution in [3.05, 3.63) is 47.0 Å². The molecule has 0 aromatic heterocycles. The van der Waals surface area contributed by atoms with Crippen LogP contribution in [0.25, 0.3) is 0 Å². The number of halogens is 1. The van der Waals surface area contributed by atoms with Crippen LogP contribution in [-0.4, -0.2) is 45.3 Å². The highest BCUT2D eigenvalue weighted by Gasteiger charge is 2.40. The second kappa shape index (κ2) is 8.30. The predicted molar refractivity (Wildman–Crippen MR) is 107 cm³/mol. The van der Waals surface area contributed by atoms with Crippen molar-refractivity contribution in [1.29, 1.82) is 0 Å². The number of rotatable bonds is 7.